The predicted octanol–water partition coefficient (Wildman–Crippen LogP) is 5.80. The molecule has 0 saturated carbocycles. The molecule has 1 aromatic heterocycles. The van der Waals surface area contributed by atoms with Crippen LogP contribution in [-0.4, -0.2) is 4.98 Å². The lowest BCUT2D eigenvalue weighted by molar-refractivity contribution is 1.40. The average molecular weight is 331 g/mol. The second kappa shape index (κ2) is 5.99. The minimum absolute atomic E-state index is 0.684. The van der Waals surface area contributed by atoms with Crippen molar-refractivity contribution in [3.8, 4) is 22.4 Å². The summed E-state index contributed by atoms with van der Waals surface area (Å²) in [4.78, 5) is 4.80. The van der Waals surface area contributed by atoms with Crippen LogP contribution in [0.4, 0.5) is 5.69 Å². The van der Waals surface area contributed by atoms with Crippen molar-refractivity contribution in [2.75, 3.05) is 5.73 Å². The Hall–Kier alpha value is -2.84. The summed E-state index contributed by atoms with van der Waals surface area (Å²) in [5.74, 6) is 0. The third-order valence-electron chi connectivity index (χ3n) is 4.06. The highest BCUT2D eigenvalue weighted by molar-refractivity contribution is 6.31. The van der Waals surface area contributed by atoms with Gasteiger partial charge in [-0.15, -0.1) is 0 Å². The number of halogens is 1. The number of benzene rings is 3. The summed E-state index contributed by atoms with van der Waals surface area (Å²) in [7, 11) is 0. The van der Waals surface area contributed by atoms with Crippen LogP contribution in [0.1, 0.15) is 0 Å². The molecule has 0 fully saturated rings. The van der Waals surface area contributed by atoms with Crippen molar-refractivity contribution in [3.63, 3.8) is 0 Å². The van der Waals surface area contributed by atoms with Gasteiger partial charge in [0.1, 0.15) is 0 Å². The number of fused-ring (bicyclic) bond motifs is 1. The lowest BCUT2D eigenvalue weighted by Crippen LogP contribution is -1.91. The van der Waals surface area contributed by atoms with E-state index in [4.69, 9.17) is 22.3 Å². The number of aromatic nitrogens is 1. The zero-order valence-electron chi connectivity index (χ0n) is 12.9. The Balaban J connectivity index is 2.01. The van der Waals surface area contributed by atoms with Gasteiger partial charge in [0.15, 0.2) is 0 Å². The molecular formula is C21H15ClN2. The number of hydrogen-bond acceptors (Lipinski definition) is 2. The zero-order valence-corrected chi connectivity index (χ0v) is 13.7. The lowest BCUT2D eigenvalue weighted by Gasteiger charge is -2.11. The summed E-state index contributed by atoms with van der Waals surface area (Å²) in [5, 5.41) is 1.77. The van der Waals surface area contributed by atoms with Gasteiger partial charge in [-0.2, -0.15) is 0 Å². The first kappa shape index (κ1) is 14.7. The van der Waals surface area contributed by atoms with Crippen molar-refractivity contribution in [1.29, 1.82) is 0 Å². The number of nitrogens with two attached hydrogens (primary N) is 1. The van der Waals surface area contributed by atoms with E-state index in [9.17, 15) is 0 Å². The molecule has 3 heteroatoms. The normalized spacial score (nSPS) is 10.9. The molecule has 0 atom stereocenters. The minimum Gasteiger partial charge on any atom is -0.399 e. The molecule has 0 aliphatic carbocycles. The van der Waals surface area contributed by atoms with E-state index in [1.807, 2.05) is 60.7 Å². The van der Waals surface area contributed by atoms with Crippen LogP contribution >= 0.6 is 11.6 Å². The molecule has 1 heterocycles. The number of nitrogen functional groups attached to an aromatic ring is 1. The molecule has 2 N–H and O–H groups in total. The molecule has 0 saturated heterocycles. The maximum absolute atomic E-state index is 6.18. The fourth-order valence-corrected chi connectivity index (χ4v) is 3.03. The second-order valence-electron chi connectivity index (χ2n) is 5.70. The number of pyridine rings is 1. The van der Waals surface area contributed by atoms with Gasteiger partial charge in [0.05, 0.1) is 11.2 Å². The van der Waals surface area contributed by atoms with Gasteiger partial charge in [0.2, 0.25) is 0 Å². The molecular weight excluding hydrogens is 316 g/mol. The summed E-state index contributed by atoms with van der Waals surface area (Å²) in [6, 6.07) is 26.0. The average Bonchev–Trinajstić information content (AvgIpc) is 2.62. The highest BCUT2D eigenvalue weighted by atomic mass is 35.5. The molecule has 0 bridgehead atoms. The van der Waals surface area contributed by atoms with Crippen LogP contribution in [0.5, 0.6) is 0 Å². The van der Waals surface area contributed by atoms with Crippen molar-refractivity contribution in [2.45, 2.75) is 0 Å². The SMILES string of the molecule is Nc1ccc(-c2cc(-c3ccccc3)c3ccc(Cl)cc3n2)cc1. The van der Waals surface area contributed by atoms with E-state index in [-0.39, 0.29) is 0 Å². The molecule has 3 aromatic carbocycles. The van der Waals surface area contributed by atoms with Gasteiger partial charge in [-0.3, -0.25) is 0 Å². The Kier molecular flexibility index (Phi) is 3.68. The fraction of sp³-hybridized carbons (Fsp3) is 0. The topological polar surface area (TPSA) is 38.9 Å². The van der Waals surface area contributed by atoms with Crippen LogP contribution in [-0.2, 0) is 0 Å². The summed E-state index contributed by atoms with van der Waals surface area (Å²) in [6.45, 7) is 0. The van der Waals surface area contributed by atoms with Crippen LogP contribution in [0.25, 0.3) is 33.3 Å². The van der Waals surface area contributed by atoms with E-state index in [2.05, 4.69) is 18.2 Å². The monoisotopic (exact) mass is 330 g/mol. The molecule has 0 aliphatic rings. The highest BCUT2D eigenvalue weighted by Gasteiger charge is 2.10. The summed E-state index contributed by atoms with van der Waals surface area (Å²) < 4.78 is 0. The number of anilines is 1. The fourth-order valence-electron chi connectivity index (χ4n) is 2.86. The van der Waals surface area contributed by atoms with Crippen molar-refractivity contribution < 1.29 is 0 Å². The Morgan fingerprint density at radius 1 is 0.750 bits per heavy atom. The Morgan fingerprint density at radius 2 is 1.50 bits per heavy atom. The molecule has 0 aliphatic heterocycles. The lowest BCUT2D eigenvalue weighted by atomic mass is 9.98. The smallest absolute Gasteiger partial charge is 0.0730 e. The van der Waals surface area contributed by atoms with Gasteiger partial charge < -0.3 is 5.73 Å². The predicted molar refractivity (Wildman–Crippen MR) is 102 cm³/mol. The van der Waals surface area contributed by atoms with Crippen LogP contribution < -0.4 is 5.73 Å². The molecule has 0 unspecified atom stereocenters. The van der Waals surface area contributed by atoms with Gasteiger partial charge in [-0.1, -0.05) is 60.1 Å². The van der Waals surface area contributed by atoms with Gasteiger partial charge in [-0.05, 0) is 41.5 Å². The van der Waals surface area contributed by atoms with Crippen LogP contribution in [0.2, 0.25) is 5.02 Å². The molecule has 2 nitrogen and oxygen atoms in total. The largest absolute Gasteiger partial charge is 0.399 e. The van der Waals surface area contributed by atoms with Crippen molar-refractivity contribution in [2.24, 2.45) is 0 Å². The molecule has 4 aromatic rings. The Labute approximate surface area is 145 Å². The standard InChI is InChI=1S/C21H15ClN2/c22-16-8-11-18-19(14-4-2-1-3-5-14)13-20(24-21(18)12-16)15-6-9-17(23)10-7-15/h1-13H,23H2. The Bertz CT molecular complexity index is 1010. The van der Waals surface area contributed by atoms with Gasteiger partial charge in [-0.25, -0.2) is 4.98 Å². The first-order valence-corrected chi connectivity index (χ1v) is 8.10. The maximum atomic E-state index is 6.18. The van der Waals surface area contributed by atoms with E-state index in [0.717, 1.165) is 39.0 Å². The third kappa shape index (κ3) is 2.72. The minimum atomic E-state index is 0.684. The van der Waals surface area contributed by atoms with Crippen LogP contribution in [0.15, 0.2) is 78.9 Å². The molecule has 0 radical (unpaired) electrons. The first-order chi connectivity index (χ1) is 11.7. The van der Waals surface area contributed by atoms with Crippen LogP contribution in [0, 0.1) is 0 Å². The van der Waals surface area contributed by atoms with E-state index >= 15 is 0 Å². The van der Waals surface area contributed by atoms with Gasteiger partial charge in [0, 0.05) is 21.7 Å². The zero-order chi connectivity index (χ0) is 16.5. The summed E-state index contributed by atoms with van der Waals surface area (Å²) >= 11 is 6.18. The highest BCUT2D eigenvalue weighted by Crippen LogP contribution is 2.33. The Morgan fingerprint density at radius 3 is 2.25 bits per heavy atom. The number of nitrogens with zero attached hydrogens (tertiary/aromatic N) is 1. The van der Waals surface area contributed by atoms with E-state index in [0.29, 0.717) is 5.02 Å². The molecule has 116 valence electrons. The molecule has 0 spiro atoms. The second-order valence-corrected chi connectivity index (χ2v) is 6.14. The summed E-state index contributed by atoms with van der Waals surface area (Å²) in [6.07, 6.45) is 0. The third-order valence-corrected chi connectivity index (χ3v) is 4.30. The molecule has 24 heavy (non-hydrogen) atoms. The molecule has 0 amide bonds. The number of rotatable bonds is 2. The van der Waals surface area contributed by atoms with E-state index < -0.39 is 0 Å². The van der Waals surface area contributed by atoms with Crippen LogP contribution in [0.3, 0.4) is 0 Å². The number of hydrogen-bond donors (Lipinski definition) is 1. The van der Waals surface area contributed by atoms with E-state index in [1.165, 1.54) is 0 Å². The maximum Gasteiger partial charge on any atom is 0.0730 e. The van der Waals surface area contributed by atoms with Gasteiger partial charge in [0.25, 0.3) is 0 Å². The van der Waals surface area contributed by atoms with Crippen molar-refractivity contribution >= 4 is 28.2 Å². The van der Waals surface area contributed by atoms with E-state index in [1.54, 1.807) is 0 Å². The quantitative estimate of drug-likeness (QED) is 0.471. The van der Waals surface area contributed by atoms with Crippen molar-refractivity contribution in [3.05, 3.63) is 83.9 Å². The van der Waals surface area contributed by atoms with Crippen molar-refractivity contribution in [1.82, 2.24) is 4.98 Å². The first-order valence-electron chi connectivity index (χ1n) is 7.72. The van der Waals surface area contributed by atoms with Gasteiger partial charge >= 0.3 is 0 Å². The summed E-state index contributed by atoms with van der Waals surface area (Å²) in [5.41, 5.74) is 11.7. The molecule has 4 rings (SSSR count).